The van der Waals surface area contributed by atoms with Crippen LogP contribution in [0.2, 0.25) is 5.02 Å². The molecule has 0 bridgehead atoms. The molecule has 0 aliphatic carbocycles. The Kier molecular flexibility index (Phi) is 5.45. The maximum Gasteiger partial charge on any atom is 0.119 e. The fourth-order valence-electron chi connectivity index (χ4n) is 2.06. The van der Waals surface area contributed by atoms with Crippen molar-refractivity contribution in [2.45, 2.75) is 20.4 Å². The van der Waals surface area contributed by atoms with Crippen molar-refractivity contribution in [2.75, 3.05) is 13.2 Å². The molecule has 0 saturated heterocycles. The van der Waals surface area contributed by atoms with E-state index in [4.69, 9.17) is 16.3 Å². The van der Waals surface area contributed by atoms with Crippen LogP contribution in [0.1, 0.15) is 19.4 Å². The van der Waals surface area contributed by atoms with E-state index in [0.29, 0.717) is 6.61 Å². The molecule has 1 N–H and O–H groups in total. The van der Waals surface area contributed by atoms with Gasteiger partial charge in [-0.15, -0.1) is 0 Å². The van der Waals surface area contributed by atoms with Gasteiger partial charge in [-0.3, -0.25) is 0 Å². The van der Waals surface area contributed by atoms with Crippen molar-refractivity contribution in [3.63, 3.8) is 0 Å². The quantitative estimate of drug-likeness (QED) is 0.844. The van der Waals surface area contributed by atoms with E-state index in [9.17, 15) is 0 Å². The topological polar surface area (TPSA) is 21.3 Å². The standard InChI is InChI=1S/C17H20ClNO/c1-3-19-12-15-9-8-14(11-17(15)18)13-6-5-7-16(10-13)20-4-2/h5-11,19H,3-4,12H2,1-2H3. The zero-order valence-corrected chi connectivity index (χ0v) is 12.7. The predicted octanol–water partition coefficient (Wildman–Crippen LogP) is 4.52. The van der Waals surface area contributed by atoms with Crippen LogP contribution in [0.4, 0.5) is 0 Å². The van der Waals surface area contributed by atoms with Gasteiger partial charge in [-0.05, 0) is 48.4 Å². The molecule has 0 aromatic heterocycles. The number of nitrogens with one attached hydrogen (secondary N) is 1. The number of hydrogen-bond acceptors (Lipinski definition) is 2. The third-order valence-corrected chi connectivity index (χ3v) is 3.45. The summed E-state index contributed by atoms with van der Waals surface area (Å²) in [6.07, 6.45) is 0. The largest absolute Gasteiger partial charge is 0.494 e. The Balaban J connectivity index is 2.24. The van der Waals surface area contributed by atoms with Crippen molar-refractivity contribution in [1.29, 1.82) is 0 Å². The summed E-state index contributed by atoms with van der Waals surface area (Å²) < 4.78 is 5.53. The van der Waals surface area contributed by atoms with Crippen LogP contribution in [0.15, 0.2) is 42.5 Å². The van der Waals surface area contributed by atoms with E-state index in [-0.39, 0.29) is 0 Å². The van der Waals surface area contributed by atoms with Gasteiger partial charge in [0.25, 0.3) is 0 Å². The van der Waals surface area contributed by atoms with Crippen molar-refractivity contribution in [3.8, 4) is 16.9 Å². The van der Waals surface area contributed by atoms with Crippen LogP contribution in [-0.2, 0) is 6.54 Å². The van der Waals surface area contributed by atoms with Gasteiger partial charge in [-0.25, -0.2) is 0 Å². The first-order chi connectivity index (χ1) is 9.74. The number of rotatable bonds is 6. The SMILES string of the molecule is CCNCc1ccc(-c2cccc(OCC)c2)cc1Cl. The summed E-state index contributed by atoms with van der Waals surface area (Å²) in [7, 11) is 0. The second kappa shape index (κ2) is 7.32. The zero-order valence-electron chi connectivity index (χ0n) is 11.9. The lowest BCUT2D eigenvalue weighted by atomic mass is 10.0. The third-order valence-electron chi connectivity index (χ3n) is 3.10. The van der Waals surface area contributed by atoms with Gasteiger partial charge >= 0.3 is 0 Å². The van der Waals surface area contributed by atoms with Crippen molar-refractivity contribution >= 4 is 11.6 Å². The summed E-state index contributed by atoms with van der Waals surface area (Å²) in [5, 5.41) is 4.08. The lowest BCUT2D eigenvalue weighted by Gasteiger charge is -2.09. The minimum absolute atomic E-state index is 0.672. The van der Waals surface area contributed by atoms with Crippen LogP contribution in [0, 0.1) is 0 Å². The molecule has 0 radical (unpaired) electrons. The fourth-order valence-corrected chi connectivity index (χ4v) is 2.31. The van der Waals surface area contributed by atoms with E-state index < -0.39 is 0 Å². The van der Waals surface area contributed by atoms with E-state index in [1.807, 2.05) is 31.2 Å². The predicted molar refractivity (Wildman–Crippen MR) is 85.4 cm³/mol. The molecular formula is C17H20ClNO. The lowest BCUT2D eigenvalue weighted by Crippen LogP contribution is -2.11. The van der Waals surface area contributed by atoms with Gasteiger partial charge < -0.3 is 10.1 Å². The molecule has 2 aromatic rings. The zero-order chi connectivity index (χ0) is 14.4. The number of halogens is 1. The molecule has 2 nitrogen and oxygen atoms in total. The molecule has 3 heteroatoms. The molecule has 0 aliphatic rings. The maximum atomic E-state index is 6.34. The van der Waals surface area contributed by atoms with Gasteiger partial charge in [-0.1, -0.05) is 42.8 Å². The molecule has 0 saturated carbocycles. The first-order valence-corrected chi connectivity index (χ1v) is 7.34. The van der Waals surface area contributed by atoms with Gasteiger partial charge in [0.1, 0.15) is 5.75 Å². The van der Waals surface area contributed by atoms with Crippen LogP contribution >= 0.6 is 11.6 Å². The highest BCUT2D eigenvalue weighted by Gasteiger charge is 2.04. The second-order valence-corrected chi connectivity index (χ2v) is 4.95. The highest BCUT2D eigenvalue weighted by Crippen LogP contribution is 2.28. The number of hydrogen-bond donors (Lipinski definition) is 1. The van der Waals surface area contributed by atoms with E-state index in [1.165, 1.54) is 0 Å². The Morgan fingerprint density at radius 1 is 1.05 bits per heavy atom. The van der Waals surface area contributed by atoms with Crippen LogP contribution < -0.4 is 10.1 Å². The summed E-state index contributed by atoms with van der Waals surface area (Å²) in [5.41, 5.74) is 3.35. The van der Waals surface area contributed by atoms with Gasteiger partial charge in [0.2, 0.25) is 0 Å². The molecule has 0 heterocycles. The molecule has 2 aromatic carbocycles. The molecule has 2 rings (SSSR count). The Morgan fingerprint density at radius 2 is 1.85 bits per heavy atom. The Hall–Kier alpha value is -1.51. The van der Waals surface area contributed by atoms with E-state index >= 15 is 0 Å². The van der Waals surface area contributed by atoms with E-state index in [2.05, 4.69) is 30.4 Å². The first-order valence-electron chi connectivity index (χ1n) is 6.97. The van der Waals surface area contributed by atoms with E-state index in [0.717, 1.165) is 40.6 Å². The average Bonchev–Trinajstić information content (AvgIpc) is 2.46. The first kappa shape index (κ1) is 14.9. The molecule has 0 fully saturated rings. The molecule has 20 heavy (non-hydrogen) atoms. The number of benzene rings is 2. The smallest absolute Gasteiger partial charge is 0.119 e. The molecule has 0 amide bonds. The molecule has 106 valence electrons. The number of ether oxygens (including phenoxy) is 1. The summed E-state index contributed by atoms with van der Waals surface area (Å²) in [6.45, 7) is 6.48. The molecule has 0 unspecified atom stereocenters. The second-order valence-electron chi connectivity index (χ2n) is 4.55. The van der Waals surface area contributed by atoms with Crippen molar-refractivity contribution in [2.24, 2.45) is 0 Å². The Morgan fingerprint density at radius 3 is 2.55 bits per heavy atom. The van der Waals surface area contributed by atoms with Crippen LogP contribution in [0.3, 0.4) is 0 Å². The third kappa shape index (κ3) is 3.75. The van der Waals surface area contributed by atoms with Crippen LogP contribution in [-0.4, -0.2) is 13.2 Å². The normalized spacial score (nSPS) is 10.6. The molecule has 0 spiro atoms. The van der Waals surface area contributed by atoms with E-state index in [1.54, 1.807) is 0 Å². The summed E-state index contributed by atoms with van der Waals surface area (Å²) in [6, 6.07) is 14.3. The summed E-state index contributed by atoms with van der Waals surface area (Å²) in [4.78, 5) is 0. The summed E-state index contributed by atoms with van der Waals surface area (Å²) >= 11 is 6.34. The lowest BCUT2D eigenvalue weighted by molar-refractivity contribution is 0.340. The molecule has 0 atom stereocenters. The highest BCUT2D eigenvalue weighted by atomic mass is 35.5. The molecule has 0 aliphatic heterocycles. The van der Waals surface area contributed by atoms with Crippen LogP contribution in [0.25, 0.3) is 11.1 Å². The van der Waals surface area contributed by atoms with Gasteiger partial charge in [-0.2, -0.15) is 0 Å². The van der Waals surface area contributed by atoms with Gasteiger partial charge in [0.05, 0.1) is 6.61 Å². The van der Waals surface area contributed by atoms with Crippen molar-refractivity contribution in [3.05, 3.63) is 53.1 Å². The fraction of sp³-hybridized carbons (Fsp3) is 0.294. The summed E-state index contributed by atoms with van der Waals surface area (Å²) in [5.74, 6) is 0.887. The van der Waals surface area contributed by atoms with Gasteiger partial charge in [0.15, 0.2) is 0 Å². The highest BCUT2D eigenvalue weighted by molar-refractivity contribution is 6.31. The van der Waals surface area contributed by atoms with Crippen LogP contribution in [0.5, 0.6) is 5.75 Å². The monoisotopic (exact) mass is 289 g/mol. The average molecular weight is 290 g/mol. The van der Waals surface area contributed by atoms with Crippen molar-refractivity contribution in [1.82, 2.24) is 5.32 Å². The minimum atomic E-state index is 0.672. The van der Waals surface area contributed by atoms with Gasteiger partial charge in [0, 0.05) is 11.6 Å². The Bertz CT molecular complexity index is 569. The molecular weight excluding hydrogens is 270 g/mol. The minimum Gasteiger partial charge on any atom is -0.494 e. The Labute approximate surface area is 125 Å². The van der Waals surface area contributed by atoms with Crippen molar-refractivity contribution < 1.29 is 4.74 Å². The maximum absolute atomic E-state index is 6.34.